The second kappa shape index (κ2) is 8.61. The summed E-state index contributed by atoms with van der Waals surface area (Å²) >= 11 is 0. The number of amides is 2. The Hall–Kier alpha value is -2.69. The molecule has 5 heteroatoms. The number of anilines is 1. The van der Waals surface area contributed by atoms with Crippen molar-refractivity contribution in [3.8, 4) is 0 Å². The quantitative estimate of drug-likeness (QED) is 0.860. The van der Waals surface area contributed by atoms with Gasteiger partial charge in [-0.15, -0.1) is 0 Å². The van der Waals surface area contributed by atoms with E-state index in [1.54, 1.807) is 17.3 Å². The zero-order chi connectivity index (χ0) is 19.2. The number of carbonyl (C=O) groups is 2. The molecule has 1 aromatic carbocycles. The van der Waals surface area contributed by atoms with E-state index in [4.69, 9.17) is 0 Å². The summed E-state index contributed by atoms with van der Waals surface area (Å²) in [4.78, 5) is 29.7. The summed E-state index contributed by atoms with van der Waals surface area (Å²) in [6.45, 7) is 8.83. The Labute approximate surface area is 155 Å². The molecule has 0 fully saturated rings. The maximum atomic E-state index is 12.2. The number of rotatable bonds is 6. The summed E-state index contributed by atoms with van der Waals surface area (Å²) < 4.78 is 0. The van der Waals surface area contributed by atoms with E-state index < -0.39 is 0 Å². The summed E-state index contributed by atoms with van der Waals surface area (Å²) in [7, 11) is 0. The third kappa shape index (κ3) is 5.99. The van der Waals surface area contributed by atoms with Gasteiger partial charge < -0.3 is 10.2 Å². The van der Waals surface area contributed by atoms with Gasteiger partial charge in [-0.05, 0) is 40.8 Å². The monoisotopic (exact) mass is 353 g/mol. The van der Waals surface area contributed by atoms with Crippen LogP contribution in [0, 0.1) is 0 Å². The van der Waals surface area contributed by atoms with Crippen LogP contribution in [0.3, 0.4) is 0 Å². The SMILES string of the molecule is CC(=O)N(CCC(=O)Nc1ccc(C(C)(C)C)cc1)Cc1ccncc1. The minimum atomic E-state index is -0.102. The van der Waals surface area contributed by atoms with E-state index in [1.807, 2.05) is 36.4 Å². The van der Waals surface area contributed by atoms with Crippen molar-refractivity contribution >= 4 is 17.5 Å². The molecule has 0 saturated carbocycles. The van der Waals surface area contributed by atoms with Crippen LogP contribution in [0.25, 0.3) is 0 Å². The summed E-state index contributed by atoms with van der Waals surface area (Å²) in [6.07, 6.45) is 3.65. The van der Waals surface area contributed by atoms with Crippen LogP contribution in [0.1, 0.15) is 45.2 Å². The van der Waals surface area contributed by atoms with Gasteiger partial charge in [0.15, 0.2) is 0 Å². The largest absolute Gasteiger partial charge is 0.338 e. The Morgan fingerprint density at radius 1 is 1.04 bits per heavy atom. The van der Waals surface area contributed by atoms with Gasteiger partial charge in [-0.1, -0.05) is 32.9 Å². The number of pyridine rings is 1. The fourth-order valence-corrected chi connectivity index (χ4v) is 2.57. The van der Waals surface area contributed by atoms with E-state index >= 15 is 0 Å². The fourth-order valence-electron chi connectivity index (χ4n) is 2.57. The second-order valence-corrected chi connectivity index (χ2v) is 7.42. The molecule has 0 aliphatic carbocycles. The summed E-state index contributed by atoms with van der Waals surface area (Å²) in [5.74, 6) is -0.154. The minimum Gasteiger partial charge on any atom is -0.338 e. The van der Waals surface area contributed by atoms with Crippen LogP contribution in [0.2, 0.25) is 0 Å². The summed E-state index contributed by atoms with van der Waals surface area (Å²) in [6, 6.07) is 11.6. The predicted molar refractivity (Wildman–Crippen MR) is 104 cm³/mol. The molecule has 2 aromatic rings. The lowest BCUT2D eigenvalue weighted by Crippen LogP contribution is -2.31. The van der Waals surface area contributed by atoms with Gasteiger partial charge in [0.1, 0.15) is 0 Å². The summed E-state index contributed by atoms with van der Waals surface area (Å²) in [5.41, 5.74) is 3.06. The van der Waals surface area contributed by atoms with E-state index in [0.717, 1.165) is 11.3 Å². The highest BCUT2D eigenvalue weighted by atomic mass is 16.2. The number of carbonyl (C=O) groups excluding carboxylic acids is 2. The van der Waals surface area contributed by atoms with Gasteiger partial charge in [0.05, 0.1) is 0 Å². The van der Waals surface area contributed by atoms with Gasteiger partial charge in [-0.25, -0.2) is 0 Å². The third-order valence-corrected chi connectivity index (χ3v) is 4.21. The maximum absolute atomic E-state index is 12.2. The topological polar surface area (TPSA) is 62.3 Å². The van der Waals surface area contributed by atoms with Crippen LogP contribution < -0.4 is 5.32 Å². The van der Waals surface area contributed by atoms with E-state index in [1.165, 1.54) is 12.5 Å². The van der Waals surface area contributed by atoms with E-state index in [0.29, 0.717) is 13.1 Å². The van der Waals surface area contributed by atoms with Crippen molar-refractivity contribution in [2.45, 2.75) is 46.1 Å². The van der Waals surface area contributed by atoms with Crippen molar-refractivity contribution < 1.29 is 9.59 Å². The molecule has 138 valence electrons. The first kappa shape index (κ1) is 19.6. The van der Waals surface area contributed by atoms with E-state index in [9.17, 15) is 9.59 Å². The van der Waals surface area contributed by atoms with Crippen LogP contribution in [0.4, 0.5) is 5.69 Å². The molecule has 0 atom stereocenters. The van der Waals surface area contributed by atoms with Gasteiger partial charge in [0.25, 0.3) is 0 Å². The molecule has 1 N–H and O–H groups in total. The molecule has 0 bridgehead atoms. The van der Waals surface area contributed by atoms with Crippen LogP contribution in [-0.2, 0) is 21.5 Å². The lowest BCUT2D eigenvalue weighted by molar-refractivity contribution is -0.129. The number of hydrogen-bond donors (Lipinski definition) is 1. The number of hydrogen-bond acceptors (Lipinski definition) is 3. The first-order valence-corrected chi connectivity index (χ1v) is 8.80. The van der Waals surface area contributed by atoms with Gasteiger partial charge >= 0.3 is 0 Å². The Kier molecular flexibility index (Phi) is 6.50. The number of aromatic nitrogens is 1. The Balaban J connectivity index is 1.89. The molecule has 2 rings (SSSR count). The normalized spacial score (nSPS) is 11.1. The zero-order valence-electron chi connectivity index (χ0n) is 16.0. The Bertz CT molecular complexity index is 734. The average molecular weight is 353 g/mol. The van der Waals surface area contributed by atoms with Crippen LogP contribution >= 0.6 is 0 Å². The van der Waals surface area contributed by atoms with Gasteiger partial charge in [0, 0.05) is 44.5 Å². The molecule has 0 unspecified atom stereocenters. The average Bonchev–Trinajstić information content (AvgIpc) is 2.59. The van der Waals surface area contributed by atoms with Crippen LogP contribution in [-0.4, -0.2) is 28.2 Å². The highest BCUT2D eigenvalue weighted by molar-refractivity contribution is 5.91. The molecule has 0 aliphatic heterocycles. The molecule has 26 heavy (non-hydrogen) atoms. The van der Waals surface area contributed by atoms with Crippen molar-refractivity contribution in [1.29, 1.82) is 0 Å². The van der Waals surface area contributed by atoms with Crippen molar-refractivity contribution in [1.82, 2.24) is 9.88 Å². The molecule has 1 heterocycles. The van der Waals surface area contributed by atoms with Crippen molar-refractivity contribution in [3.05, 3.63) is 59.9 Å². The minimum absolute atomic E-state index is 0.0517. The van der Waals surface area contributed by atoms with Gasteiger partial charge in [-0.2, -0.15) is 0 Å². The van der Waals surface area contributed by atoms with Crippen molar-refractivity contribution in [2.75, 3.05) is 11.9 Å². The standard InChI is InChI=1S/C21H27N3O2/c1-16(25)24(15-17-9-12-22-13-10-17)14-11-20(26)23-19-7-5-18(6-8-19)21(2,3)4/h5-10,12-13H,11,14-15H2,1-4H3,(H,23,26). The van der Waals surface area contributed by atoms with E-state index in [2.05, 4.69) is 31.1 Å². The van der Waals surface area contributed by atoms with E-state index in [-0.39, 0.29) is 23.7 Å². The van der Waals surface area contributed by atoms with Crippen molar-refractivity contribution in [3.63, 3.8) is 0 Å². The van der Waals surface area contributed by atoms with Gasteiger partial charge in [0.2, 0.25) is 11.8 Å². The Morgan fingerprint density at radius 2 is 1.65 bits per heavy atom. The third-order valence-electron chi connectivity index (χ3n) is 4.21. The zero-order valence-corrected chi connectivity index (χ0v) is 16.0. The predicted octanol–water partition coefficient (Wildman–Crippen LogP) is 3.76. The molecule has 0 radical (unpaired) electrons. The van der Waals surface area contributed by atoms with Crippen LogP contribution in [0.15, 0.2) is 48.8 Å². The van der Waals surface area contributed by atoms with Gasteiger partial charge in [-0.3, -0.25) is 14.6 Å². The molecule has 0 saturated heterocycles. The molecular weight excluding hydrogens is 326 g/mol. The molecular formula is C21H27N3O2. The Morgan fingerprint density at radius 3 is 2.19 bits per heavy atom. The van der Waals surface area contributed by atoms with Crippen LogP contribution in [0.5, 0.6) is 0 Å². The fraction of sp³-hybridized carbons (Fsp3) is 0.381. The second-order valence-electron chi connectivity index (χ2n) is 7.42. The molecule has 5 nitrogen and oxygen atoms in total. The first-order valence-electron chi connectivity index (χ1n) is 8.80. The highest BCUT2D eigenvalue weighted by Gasteiger charge is 2.14. The smallest absolute Gasteiger partial charge is 0.226 e. The first-order chi connectivity index (χ1) is 12.3. The lowest BCUT2D eigenvalue weighted by atomic mass is 9.87. The molecule has 1 aromatic heterocycles. The maximum Gasteiger partial charge on any atom is 0.226 e. The number of benzene rings is 1. The molecule has 0 spiro atoms. The molecule has 0 aliphatic rings. The number of nitrogens with one attached hydrogen (secondary N) is 1. The molecule has 2 amide bonds. The number of nitrogens with zero attached hydrogens (tertiary/aromatic N) is 2. The highest BCUT2D eigenvalue weighted by Crippen LogP contribution is 2.23. The van der Waals surface area contributed by atoms with Crippen molar-refractivity contribution in [2.24, 2.45) is 0 Å². The lowest BCUT2D eigenvalue weighted by Gasteiger charge is -2.21. The summed E-state index contributed by atoms with van der Waals surface area (Å²) in [5, 5.41) is 2.89.